The van der Waals surface area contributed by atoms with Crippen LogP contribution in [0, 0.1) is 0 Å². The highest BCUT2D eigenvalue weighted by atomic mass is 15.2. The van der Waals surface area contributed by atoms with E-state index < -0.39 is 0 Å². The number of hydrogen-bond donors (Lipinski definition) is 0. The zero-order chi connectivity index (χ0) is 13.9. The second-order valence-corrected chi connectivity index (χ2v) is 5.11. The van der Waals surface area contributed by atoms with Crippen molar-refractivity contribution in [1.29, 1.82) is 0 Å². The molecule has 1 aromatic carbocycles. The number of imidazole rings is 1. The van der Waals surface area contributed by atoms with Gasteiger partial charge in [-0.25, -0.2) is 4.98 Å². The molecule has 0 saturated carbocycles. The summed E-state index contributed by atoms with van der Waals surface area (Å²) in [6.45, 7) is 1.69. The molecule has 0 aliphatic heterocycles. The van der Waals surface area contributed by atoms with Crippen LogP contribution in [0.1, 0.15) is 11.4 Å². The van der Waals surface area contributed by atoms with Gasteiger partial charge in [0.05, 0.1) is 17.6 Å². The number of nitrogens with zero attached hydrogens (tertiary/aromatic N) is 4. The molecule has 0 aliphatic carbocycles. The molecule has 0 saturated heterocycles. The largest absolute Gasteiger partial charge is 0.330 e. The van der Waals surface area contributed by atoms with E-state index in [1.165, 1.54) is 11.1 Å². The lowest BCUT2D eigenvalue weighted by Gasteiger charge is -2.16. The summed E-state index contributed by atoms with van der Waals surface area (Å²) >= 11 is 0. The Morgan fingerprint density at radius 1 is 1.10 bits per heavy atom. The van der Waals surface area contributed by atoms with E-state index in [2.05, 4.69) is 46.7 Å². The minimum Gasteiger partial charge on any atom is -0.330 e. The lowest BCUT2D eigenvalue weighted by Crippen LogP contribution is -2.19. The summed E-state index contributed by atoms with van der Waals surface area (Å²) in [4.78, 5) is 11.1. The fourth-order valence-corrected chi connectivity index (χ4v) is 2.44. The molecule has 0 radical (unpaired) electrons. The van der Waals surface area contributed by atoms with E-state index in [0.717, 1.165) is 24.4 Å². The third-order valence-corrected chi connectivity index (χ3v) is 3.47. The number of aromatic nitrogens is 3. The van der Waals surface area contributed by atoms with Crippen LogP contribution in [0.3, 0.4) is 0 Å². The number of aryl methyl sites for hydroxylation is 1. The maximum Gasteiger partial charge on any atom is 0.123 e. The van der Waals surface area contributed by atoms with Gasteiger partial charge in [-0.15, -0.1) is 0 Å². The number of benzene rings is 1. The van der Waals surface area contributed by atoms with Crippen molar-refractivity contribution in [3.63, 3.8) is 0 Å². The molecule has 3 aromatic rings. The van der Waals surface area contributed by atoms with E-state index in [1.54, 1.807) is 6.20 Å². The predicted molar refractivity (Wildman–Crippen MR) is 80.1 cm³/mol. The highest BCUT2D eigenvalue weighted by Gasteiger charge is 2.09. The van der Waals surface area contributed by atoms with Gasteiger partial charge >= 0.3 is 0 Å². The monoisotopic (exact) mass is 266 g/mol. The first kappa shape index (κ1) is 12.8. The summed E-state index contributed by atoms with van der Waals surface area (Å²) in [5, 5.41) is 0. The van der Waals surface area contributed by atoms with Gasteiger partial charge in [0.1, 0.15) is 5.82 Å². The molecule has 20 heavy (non-hydrogen) atoms. The van der Waals surface area contributed by atoms with Gasteiger partial charge in [-0.3, -0.25) is 9.88 Å². The third-order valence-electron chi connectivity index (χ3n) is 3.47. The molecule has 0 atom stereocenters. The summed E-state index contributed by atoms with van der Waals surface area (Å²) in [6, 6.07) is 12.3. The van der Waals surface area contributed by atoms with Gasteiger partial charge in [-0.05, 0) is 30.8 Å². The molecule has 0 fully saturated rings. The standard InChI is InChI=1S/C16H18N4/c1-19(11-13-6-5-9-17-10-13)12-16-18-14-7-3-4-8-15(14)20(16)2/h3-10H,11-12H2,1-2H3. The second-order valence-electron chi connectivity index (χ2n) is 5.11. The fraction of sp³-hybridized carbons (Fsp3) is 0.250. The van der Waals surface area contributed by atoms with Gasteiger partial charge in [0.25, 0.3) is 0 Å². The van der Waals surface area contributed by atoms with Crippen molar-refractivity contribution in [2.45, 2.75) is 13.1 Å². The normalized spacial score (nSPS) is 11.3. The molecule has 2 aromatic heterocycles. The number of hydrogen-bond acceptors (Lipinski definition) is 3. The van der Waals surface area contributed by atoms with E-state index >= 15 is 0 Å². The van der Waals surface area contributed by atoms with Crippen molar-refractivity contribution < 1.29 is 0 Å². The van der Waals surface area contributed by atoms with E-state index in [0.29, 0.717) is 0 Å². The molecule has 0 bridgehead atoms. The maximum atomic E-state index is 4.70. The van der Waals surface area contributed by atoms with Crippen molar-refractivity contribution >= 4 is 11.0 Å². The number of fused-ring (bicyclic) bond motifs is 1. The quantitative estimate of drug-likeness (QED) is 0.728. The first-order chi connectivity index (χ1) is 9.74. The number of pyridine rings is 1. The molecule has 102 valence electrons. The first-order valence-corrected chi connectivity index (χ1v) is 6.72. The van der Waals surface area contributed by atoms with E-state index in [1.807, 2.05) is 24.4 Å². The number of para-hydroxylation sites is 2. The van der Waals surface area contributed by atoms with Crippen molar-refractivity contribution in [1.82, 2.24) is 19.4 Å². The van der Waals surface area contributed by atoms with Gasteiger partial charge in [0.15, 0.2) is 0 Å². The summed E-state index contributed by atoms with van der Waals surface area (Å²) in [5.41, 5.74) is 3.45. The topological polar surface area (TPSA) is 34.0 Å². The molecule has 0 unspecified atom stereocenters. The van der Waals surface area contributed by atoms with Crippen molar-refractivity contribution in [3.05, 3.63) is 60.2 Å². The zero-order valence-corrected chi connectivity index (χ0v) is 11.8. The van der Waals surface area contributed by atoms with E-state index in [-0.39, 0.29) is 0 Å². The summed E-state index contributed by atoms with van der Waals surface area (Å²) < 4.78 is 2.16. The summed E-state index contributed by atoms with van der Waals surface area (Å²) in [6.07, 6.45) is 3.71. The van der Waals surface area contributed by atoms with Crippen molar-refractivity contribution in [2.75, 3.05) is 7.05 Å². The summed E-state index contributed by atoms with van der Waals surface area (Å²) in [5.74, 6) is 1.08. The molecule has 0 amide bonds. The van der Waals surface area contributed by atoms with E-state index in [4.69, 9.17) is 4.98 Å². The minimum absolute atomic E-state index is 0.820. The molecule has 3 rings (SSSR count). The van der Waals surface area contributed by atoms with Crippen LogP contribution in [0.5, 0.6) is 0 Å². The Morgan fingerprint density at radius 2 is 1.95 bits per heavy atom. The van der Waals surface area contributed by atoms with Crippen molar-refractivity contribution in [3.8, 4) is 0 Å². The average Bonchev–Trinajstić information content (AvgIpc) is 2.77. The van der Waals surface area contributed by atoms with Gasteiger partial charge in [-0.1, -0.05) is 18.2 Å². The van der Waals surface area contributed by atoms with Crippen LogP contribution in [-0.4, -0.2) is 26.5 Å². The Balaban J connectivity index is 1.77. The Bertz CT molecular complexity index is 703. The summed E-state index contributed by atoms with van der Waals surface area (Å²) in [7, 11) is 4.18. The molecule has 4 heteroatoms. The van der Waals surface area contributed by atoms with Crippen LogP contribution in [0.2, 0.25) is 0 Å². The van der Waals surface area contributed by atoms with Crippen LogP contribution in [0.15, 0.2) is 48.8 Å². The molecular weight excluding hydrogens is 248 g/mol. The highest BCUT2D eigenvalue weighted by molar-refractivity contribution is 5.75. The fourth-order valence-electron chi connectivity index (χ4n) is 2.44. The Hall–Kier alpha value is -2.20. The molecule has 0 N–H and O–H groups in total. The zero-order valence-electron chi connectivity index (χ0n) is 11.8. The van der Waals surface area contributed by atoms with Gasteiger partial charge in [-0.2, -0.15) is 0 Å². The molecular formula is C16H18N4. The highest BCUT2D eigenvalue weighted by Crippen LogP contribution is 2.15. The molecule has 0 aliphatic rings. The van der Waals surface area contributed by atoms with Crippen LogP contribution < -0.4 is 0 Å². The van der Waals surface area contributed by atoms with Crippen molar-refractivity contribution in [2.24, 2.45) is 7.05 Å². The SMILES string of the molecule is CN(Cc1cccnc1)Cc1nc2ccccc2n1C. The number of rotatable bonds is 4. The lowest BCUT2D eigenvalue weighted by atomic mass is 10.3. The molecule has 0 spiro atoms. The van der Waals surface area contributed by atoms with Crippen LogP contribution in [0.25, 0.3) is 11.0 Å². The van der Waals surface area contributed by atoms with Gasteiger partial charge < -0.3 is 4.57 Å². The van der Waals surface area contributed by atoms with Gasteiger partial charge in [0.2, 0.25) is 0 Å². The Kier molecular flexibility index (Phi) is 3.48. The Labute approximate surface area is 118 Å². The maximum absolute atomic E-state index is 4.70. The third kappa shape index (κ3) is 2.56. The van der Waals surface area contributed by atoms with Crippen LogP contribution >= 0.6 is 0 Å². The molecule has 2 heterocycles. The van der Waals surface area contributed by atoms with Gasteiger partial charge in [0, 0.05) is 26.0 Å². The van der Waals surface area contributed by atoms with Crippen LogP contribution in [0.4, 0.5) is 0 Å². The Morgan fingerprint density at radius 3 is 2.70 bits per heavy atom. The lowest BCUT2D eigenvalue weighted by molar-refractivity contribution is 0.307. The van der Waals surface area contributed by atoms with E-state index in [9.17, 15) is 0 Å². The minimum atomic E-state index is 0.820. The second kappa shape index (κ2) is 5.43. The smallest absolute Gasteiger partial charge is 0.123 e. The van der Waals surface area contributed by atoms with Crippen LogP contribution in [-0.2, 0) is 20.1 Å². The average molecular weight is 266 g/mol. The first-order valence-electron chi connectivity index (χ1n) is 6.72. The predicted octanol–water partition coefficient (Wildman–Crippen LogP) is 2.60. The molecule has 4 nitrogen and oxygen atoms in total.